The molecule has 0 radical (unpaired) electrons. The van der Waals surface area contributed by atoms with E-state index in [2.05, 4.69) is 26.2 Å². The molecule has 100 valence electrons. The molecule has 0 saturated carbocycles. The fourth-order valence-corrected chi connectivity index (χ4v) is 2.64. The Hall–Kier alpha value is -1.24. The topological polar surface area (TPSA) is 68.0 Å². The summed E-state index contributed by atoms with van der Waals surface area (Å²) in [6.45, 7) is 3.79. The molecule has 0 fully saturated rings. The second kappa shape index (κ2) is 5.81. The van der Waals surface area contributed by atoms with Crippen molar-refractivity contribution in [3.63, 3.8) is 0 Å². The van der Waals surface area contributed by atoms with Crippen LogP contribution >= 0.6 is 27.3 Å². The van der Waals surface area contributed by atoms with Crippen LogP contribution in [0.1, 0.15) is 34.0 Å². The van der Waals surface area contributed by atoms with Crippen LogP contribution in [0.25, 0.3) is 0 Å². The van der Waals surface area contributed by atoms with Gasteiger partial charge in [0, 0.05) is 15.5 Å². The fraction of sp³-hybridized carbons (Fsp3) is 0.231. The molecule has 3 N–H and O–H groups in total. The Morgan fingerprint density at radius 1 is 1.53 bits per heavy atom. The summed E-state index contributed by atoms with van der Waals surface area (Å²) in [6, 6.07) is 5.58. The van der Waals surface area contributed by atoms with E-state index in [0.29, 0.717) is 5.69 Å². The van der Waals surface area contributed by atoms with Gasteiger partial charge in [-0.1, -0.05) is 22.0 Å². The molecule has 2 rings (SSSR count). The van der Waals surface area contributed by atoms with Crippen LogP contribution in [0.15, 0.2) is 28.1 Å². The van der Waals surface area contributed by atoms with Gasteiger partial charge in [-0.05, 0) is 31.5 Å². The summed E-state index contributed by atoms with van der Waals surface area (Å²) in [5.41, 5.74) is 7.91. The molecule has 1 heterocycles. The first kappa shape index (κ1) is 14.2. The van der Waals surface area contributed by atoms with E-state index in [1.54, 1.807) is 5.38 Å². The van der Waals surface area contributed by atoms with E-state index >= 15 is 0 Å². The van der Waals surface area contributed by atoms with Crippen LogP contribution in [0.5, 0.6) is 0 Å². The summed E-state index contributed by atoms with van der Waals surface area (Å²) in [6.07, 6.45) is 0. The fourth-order valence-electron chi connectivity index (χ4n) is 1.52. The van der Waals surface area contributed by atoms with Crippen molar-refractivity contribution in [2.45, 2.75) is 19.9 Å². The monoisotopic (exact) mass is 339 g/mol. The van der Waals surface area contributed by atoms with Gasteiger partial charge in [-0.25, -0.2) is 4.98 Å². The lowest BCUT2D eigenvalue weighted by atomic mass is 10.2. The van der Waals surface area contributed by atoms with E-state index in [-0.39, 0.29) is 11.9 Å². The molecule has 6 heteroatoms. The van der Waals surface area contributed by atoms with Crippen molar-refractivity contribution >= 4 is 38.9 Å². The number of aromatic nitrogens is 1. The number of nitrogens with one attached hydrogen (secondary N) is 1. The Balaban J connectivity index is 2.18. The minimum Gasteiger partial charge on any atom is -0.322 e. The van der Waals surface area contributed by atoms with E-state index in [1.165, 1.54) is 11.3 Å². The second-order valence-corrected chi connectivity index (χ2v) is 6.08. The van der Waals surface area contributed by atoms with Gasteiger partial charge in [0.05, 0.1) is 6.04 Å². The average Bonchev–Trinajstić information content (AvgIpc) is 2.83. The number of aryl methyl sites for hydroxylation is 1. The van der Waals surface area contributed by atoms with E-state index in [4.69, 9.17) is 5.73 Å². The van der Waals surface area contributed by atoms with Crippen LogP contribution in [-0.2, 0) is 0 Å². The maximum absolute atomic E-state index is 12.1. The molecular formula is C13H14BrN3OS. The van der Waals surface area contributed by atoms with Crippen LogP contribution in [0.2, 0.25) is 0 Å². The van der Waals surface area contributed by atoms with Crippen molar-refractivity contribution in [1.82, 2.24) is 4.98 Å². The molecule has 0 aliphatic rings. The lowest BCUT2D eigenvalue weighted by Crippen LogP contribution is -2.14. The highest BCUT2D eigenvalue weighted by molar-refractivity contribution is 9.10. The summed E-state index contributed by atoms with van der Waals surface area (Å²) in [5, 5.41) is 5.34. The first-order chi connectivity index (χ1) is 8.97. The minimum atomic E-state index is -0.218. The molecule has 4 nitrogen and oxygen atoms in total. The van der Waals surface area contributed by atoms with E-state index < -0.39 is 0 Å². The smallest absolute Gasteiger partial charge is 0.275 e. The first-order valence-electron chi connectivity index (χ1n) is 5.76. The summed E-state index contributed by atoms with van der Waals surface area (Å²) >= 11 is 4.78. The van der Waals surface area contributed by atoms with Gasteiger partial charge < -0.3 is 11.1 Å². The first-order valence-corrected chi connectivity index (χ1v) is 7.43. The highest BCUT2D eigenvalue weighted by atomic mass is 79.9. The molecular weight excluding hydrogens is 326 g/mol. The molecule has 1 aromatic heterocycles. The normalized spacial score (nSPS) is 12.2. The SMILES string of the molecule is Cc1ccc(Br)cc1NC(=O)c1csc(C(C)N)n1. The number of nitrogens with zero attached hydrogens (tertiary/aromatic N) is 1. The third kappa shape index (κ3) is 3.40. The predicted octanol–water partition coefficient (Wildman–Crippen LogP) is 3.49. The van der Waals surface area contributed by atoms with Crippen LogP contribution in [0.4, 0.5) is 5.69 Å². The van der Waals surface area contributed by atoms with Crippen LogP contribution < -0.4 is 11.1 Å². The molecule has 1 amide bonds. The standard InChI is InChI=1S/C13H14BrN3OS/c1-7-3-4-9(14)5-10(7)16-12(18)11-6-19-13(17-11)8(2)15/h3-6,8H,15H2,1-2H3,(H,16,18). The number of anilines is 1. The number of rotatable bonds is 3. The molecule has 0 bridgehead atoms. The Morgan fingerprint density at radius 3 is 2.89 bits per heavy atom. The second-order valence-electron chi connectivity index (χ2n) is 4.27. The number of carbonyl (C=O) groups excluding carboxylic acids is 1. The number of thiazole rings is 1. The Bertz CT molecular complexity index is 610. The Labute approximate surface area is 124 Å². The zero-order valence-electron chi connectivity index (χ0n) is 10.6. The van der Waals surface area contributed by atoms with E-state index in [9.17, 15) is 4.79 Å². The molecule has 0 aliphatic carbocycles. The number of benzene rings is 1. The van der Waals surface area contributed by atoms with Gasteiger partial charge in [-0.2, -0.15) is 0 Å². The summed E-state index contributed by atoms with van der Waals surface area (Å²) in [5.74, 6) is -0.218. The van der Waals surface area contributed by atoms with E-state index in [0.717, 1.165) is 20.7 Å². The number of hydrogen-bond donors (Lipinski definition) is 2. The number of amides is 1. The van der Waals surface area contributed by atoms with Crippen molar-refractivity contribution in [3.8, 4) is 0 Å². The van der Waals surface area contributed by atoms with Gasteiger partial charge in [-0.3, -0.25) is 4.79 Å². The number of carbonyl (C=O) groups is 1. The van der Waals surface area contributed by atoms with Gasteiger partial charge in [0.1, 0.15) is 10.7 Å². The van der Waals surface area contributed by atoms with E-state index in [1.807, 2.05) is 32.0 Å². The van der Waals surface area contributed by atoms with Gasteiger partial charge in [0.15, 0.2) is 0 Å². The highest BCUT2D eigenvalue weighted by Crippen LogP contribution is 2.22. The summed E-state index contributed by atoms with van der Waals surface area (Å²) in [7, 11) is 0. The maximum Gasteiger partial charge on any atom is 0.275 e. The number of halogens is 1. The minimum absolute atomic E-state index is 0.154. The zero-order chi connectivity index (χ0) is 14.0. The molecule has 1 aromatic carbocycles. The number of hydrogen-bond acceptors (Lipinski definition) is 4. The number of nitrogens with two attached hydrogens (primary N) is 1. The molecule has 0 saturated heterocycles. The van der Waals surface area contributed by atoms with Gasteiger partial charge in [0.2, 0.25) is 0 Å². The lowest BCUT2D eigenvalue weighted by molar-refractivity contribution is 0.102. The van der Waals surface area contributed by atoms with Crippen LogP contribution in [0, 0.1) is 6.92 Å². The third-order valence-electron chi connectivity index (χ3n) is 2.59. The molecule has 2 aromatic rings. The molecule has 1 unspecified atom stereocenters. The van der Waals surface area contributed by atoms with Gasteiger partial charge >= 0.3 is 0 Å². The largest absolute Gasteiger partial charge is 0.322 e. The summed E-state index contributed by atoms with van der Waals surface area (Å²) in [4.78, 5) is 16.3. The van der Waals surface area contributed by atoms with Crippen molar-refractivity contribution in [2.75, 3.05) is 5.32 Å². The van der Waals surface area contributed by atoms with Crippen LogP contribution in [-0.4, -0.2) is 10.9 Å². The Morgan fingerprint density at radius 2 is 2.26 bits per heavy atom. The van der Waals surface area contributed by atoms with Crippen molar-refractivity contribution < 1.29 is 4.79 Å². The zero-order valence-corrected chi connectivity index (χ0v) is 13.0. The van der Waals surface area contributed by atoms with Gasteiger partial charge in [0.25, 0.3) is 5.91 Å². The van der Waals surface area contributed by atoms with Crippen molar-refractivity contribution in [3.05, 3.63) is 44.3 Å². The lowest BCUT2D eigenvalue weighted by Gasteiger charge is -2.07. The summed E-state index contributed by atoms with van der Waals surface area (Å²) < 4.78 is 0.919. The van der Waals surface area contributed by atoms with Crippen molar-refractivity contribution in [1.29, 1.82) is 0 Å². The molecule has 0 aliphatic heterocycles. The molecule has 19 heavy (non-hydrogen) atoms. The average molecular weight is 340 g/mol. The Kier molecular flexibility index (Phi) is 4.34. The molecule has 1 atom stereocenters. The van der Waals surface area contributed by atoms with Crippen LogP contribution in [0.3, 0.4) is 0 Å². The van der Waals surface area contributed by atoms with Crippen molar-refractivity contribution in [2.24, 2.45) is 5.73 Å². The maximum atomic E-state index is 12.1. The third-order valence-corrected chi connectivity index (χ3v) is 4.13. The quantitative estimate of drug-likeness (QED) is 0.899. The highest BCUT2D eigenvalue weighted by Gasteiger charge is 2.13. The molecule has 0 spiro atoms. The van der Waals surface area contributed by atoms with Gasteiger partial charge in [-0.15, -0.1) is 11.3 Å². The predicted molar refractivity (Wildman–Crippen MR) is 81.5 cm³/mol.